The predicted octanol–water partition coefficient (Wildman–Crippen LogP) is -0.691. The summed E-state index contributed by atoms with van der Waals surface area (Å²) in [6.07, 6.45) is 0. The molecule has 0 aliphatic carbocycles. The van der Waals surface area contributed by atoms with E-state index in [4.69, 9.17) is 9.63 Å². The molecule has 1 aromatic heterocycles. The lowest BCUT2D eigenvalue weighted by molar-refractivity contribution is 0.144. The van der Waals surface area contributed by atoms with Gasteiger partial charge in [0.1, 0.15) is 6.61 Å². The Balaban J connectivity index is 1.86. The summed E-state index contributed by atoms with van der Waals surface area (Å²) >= 11 is 0. The summed E-state index contributed by atoms with van der Waals surface area (Å²) in [5.74, 6) is 0.947. The van der Waals surface area contributed by atoms with Crippen molar-refractivity contribution in [3.8, 4) is 0 Å². The number of likely N-dealkylation sites (N-methyl/N-ethyl adjacent to an activating group) is 1. The molecule has 0 amide bonds. The molecule has 6 nitrogen and oxygen atoms in total. The Hall–Kier alpha value is -0.980. The van der Waals surface area contributed by atoms with E-state index in [1.165, 1.54) is 0 Å². The van der Waals surface area contributed by atoms with Crippen LogP contribution in [0, 0.1) is 0 Å². The molecule has 0 aromatic carbocycles. The standard InChI is InChI=1S/C9H16N4O2/c1-12-2-4-13(5-3-12)6-8-10-9(7-14)15-11-8/h14H,2-7H2,1H3. The fourth-order valence-corrected chi connectivity index (χ4v) is 1.62. The predicted molar refractivity (Wildman–Crippen MR) is 53.0 cm³/mol. The first kappa shape index (κ1) is 10.5. The van der Waals surface area contributed by atoms with E-state index < -0.39 is 0 Å². The van der Waals surface area contributed by atoms with Crippen LogP contribution in [-0.4, -0.2) is 58.3 Å². The number of hydrogen-bond donors (Lipinski definition) is 1. The largest absolute Gasteiger partial charge is 0.387 e. The molecule has 0 saturated carbocycles. The lowest BCUT2D eigenvalue weighted by atomic mass is 10.3. The van der Waals surface area contributed by atoms with Crippen LogP contribution < -0.4 is 0 Å². The highest BCUT2D eigenvalue weighted by atomic mass is 16.5. The van der Waals surface area contributed by atoms with Crippen molar-refractivity contribution in [2.24, 2.45) is 0 Å². The average molecular weight is 212 g/mol. The molecule has 1 saturated heterocycles. The number of aromatic nitrogens is 2. The normalized spacial score (nSPS) is 19.6. The van der Waals surface area contributed by atoms with Crippen molar-refractivity contribution in [3.05, 3.63) is 11.7 Å². The van der Waals surface area contributed by atoms with Crippen LogP contribution in [0.1, 0.15) is 11.7 Å². The molecule has 1 fully saturated rings. The van der Waals surface area contributed by atoms with Gasteiger partial charge in [0.2, 0.25) is 0 Å². The van der Waals surface area contributed by atoms with Crippen molar-refractivity contribution < 1.29 is 9.63 Å². The molecular weight excluding hydrogens is 196 g/mol. The van der Waals surface area contributed by atoms with E-state index in [0.717, 1.165) is 26.2 Å². The molecule has 0 unspecified atom stereocenters. The maximum Gasteiger partial charge on any atom is 0.252 e. The third kappa shape index (κ3) is 2.74. The van der Waals surface area contributed by atoms with Gasteiger partial charge < -0.3 is 14.5 Å². The molecule has 15 heavy (non-hydrogen) atoms. The smallest absolute Gasteiger partial charge is 0.252 e. The van der Waals surface area contributed by atoms with Crippen molar-refractivity contribution >= 4 is 0 Å². The highest BCUT2D eigenvalue weighted by Crippen LogP contribution is 2.05. The summed E-state index contributed by atoms with van der Waals surface area (Å²) in [5, 5.41) is 12.6. The third-order valence-corrected chi connectivity index (χ3v) is 2.61. The van der Waals surface area contributed by atoms with E-state index >= 15 is 0 Å². The third-order valence-electron chi connectivity index (χ3n) is 2.61. The second-order valence-corrected chi connectivity index (χ2v) is 3.84. The van der Waals surface area contributed by atoms with Gasteiger partial charge in [-0.05, 0) is 7.05 Å². The van der Waals surface area contributed by atoms with Crippen molar-refractivity contribution in [3.63, 3.8) is 0 Å². The van der Waals surface area contributed by atoms with Crippen LogP contribution in [0.15, 0.2) is 4.52 Å². The minimum Gasteiger partial charge on any atom is -0.387 e. The maximum atomic E-state index is 8.77. The topological polar surface area (TPSA) is 65.6 Å². The van der Waals surface area contributed by atoms with Gasteiger partial charge in [0.05, 0.1) is 6.54 Å². The van der Waals surface area contributed by atoms with Crippen molar-refractivity contribution in [2.45, 2.75) is 13.2 Å². The molecular formula is C9H16N4O2. The van der Waals surface area contributed by atoms with E-state index in [1.807, 2.05) is 0 Å². The minimum atomic E-state index is -0.185. The van der Waals surface area contributed by atoms with Crippen LogP contribution in [0.2, 0.25) is 0 Å². The number of piperazine rings is 1. The van der Waals surface area contributed by atoms with Gasteiger partial charge in [0, 0.05) is 26.2 Å². The Morgan fingerprint density at radius 3 is 2.67 bits per heavy atom. The number of nitrogens with zero attached hydrogens (tertiary/aromatic N) is 4. The first-order valence-corrected chi connectivity index (χ1v) is 5.11. The molecule has 1 aliphatic heterocycles. The molecule has 1 aliphatic rings. The second kappa shape index (κ2) is 4.69. The lowest BCUT2D eigenvalue weighted by Gasteiger charge is -2.31. The minimum absolute atomic E-state index is 0.185. The molecule has 1 aromatic rings. The van der Waals surface area contributed by atoms with Gasteiger partial charge in [-0.2, -0.15) is 4.98 Å². The fraction of sp³-hybridized carbons (Fsp3) is 0.778. The summed E-state index contributed by atoms with van der Waals surface area (Å²) < 4.78 is 4.83. The molecule has 0 bridgehead atoms. The zero-order valence-corrected chi connectivity index (χ0v) is 8.89. The number of aliphatic hydroxyl groups excluding tert-OH is 1. The zero-order valence-electron chi connectivity index (χ0n) is 8.89. The Bertz CT molecular complexity index is 307. The number of rotatable bonds is 3. The SMILES string of the molecule is CN1CCN(Cc2noc(CO)n2)CC1. The Morgan fingerprint density at radius 2 is 2.07 bits per heavy atom. The first-order valence-electron chi connectivity index (χ1n) is 5.11. The van der Waals surface area contributed by atoms with Gasteiger partial charge in [-0.25, -0.2) is 0 Å². The van der Waals surface area contributed by atoms with Crippen molar-refractivity contribution in [1.82, 2.24) is 19.9 Å². The van der Waals surface area contributed by atoms with Gasteiger partial charge in [-0.15, -0.1) is 0 Å². The van der Waals surface area contributed by atoms with Crippen LogP contribution in [0.5, 0.6) is 0 Å². The highest BCUT2D eigenvalue weighted by molar-refractivity contribution is 4.86. The van der Waals surface area contributed by atoms with Crippen LogP contribution >= 0.6 is 0 Å². The van der Waals surface area contributed by atoms with Crippen LogP contribution in [-0.2, 0) is 13.2 Å². The van der Waals surface area contributed by atoms with Gasteiger partial charge in [-0.1, -0.05) is 5.16 Å². The molecule has 0 radical (unpaired) electrons. The summed E-state index contributed by atoms with van der Waals surface area (Å²) in [6.45, 7) is 4.72. The molecule has 1 N–H and O–H groups in total. The van der Waals surface area contributed by atoms with Gasteiger partial charge in [0.15, 0.2) is 5.82 Å². The van der Waals surface area contributed by atoms with Crippen LogP contribution in [0.3, 0.4) is 0 Å². The molecule has 0 atom stereocenters. The van der Waals surface area contributed by atoms with Crippen molar-refractivity contribution in [2.75, 3.05) is 33.2 Å². The number of aliphatic hydroxyl groups is 1. The summed E-state index contributed by atoms with van der Waals surface area (Å²) in [4.78, 5) is 8.64. The highest BCUT2D eigenvalue weighted by Gasteiger charge is 2.16. The Morgan fingerprint density at radius 1 is 1.33 bits per heavy atom. The second-order valence-electron chi connectivity index (χ2n) is 3.84. The molecule has 2 heterocycles. The van der Waals surface area contributed by atoms with E-state index in [1.54, 1.807) is 0 Å². The van der Waals surface area contributed by atoms with Gasteiger partial charge in [-0.3, -0.25) is 4.90 Å². The van der Waals surface area contributed by atoms with E-state index in [2.05, 4.69) is 27.0 Å². The van der Waals surface area contributed by atoms with Crippen LogP contribution in [0.25, 0.3) is 0 Å². The molecule has 84 valence electrons. The van der Waals surface area contributed by atoms with Crippen LogP contribution in [0.4, 0.5) is 0 Å². The maximum absolute atomic E-state index is 8.77. The van der Waals surface area contributed by atoms with Crippen molar-refractivity contribution in [1.29, 1.82) is 0 Å². The fourth-order valence-electron chi connectivity index (χ4n) is 1.62. The van der Waals surface area contributed by atoms with Gasteiger partial charge in [0.25, 0.3) is 5.89 Å². The van der Waals surface area contributed by atoms with E-state index in [9.17, 15) is 0 Å². The molecule has 6 heteroatoms. The summed E-state index contributed by atoms with van der Waals surface area (Å²) in [5.41, 5.74) is 0. The van der Waals surface area contributed by atoms with Gasteiger partial charge >= 0.3 is 0 Å². The Labute approximate surface area is 88.5 Å². The van der Waals surface area contributed by atoms with E-state index in [-0.39, 0.29) is 6.61 Å². The first-order chi connectivity index (χ1) is 7.28. The zero-order chi connectivity index (χ0) is 10.7. The number of hydrogen-bond acceptors (Lipinski definition) is 6. The summed E-state index contributed by atoms with van der Waals surface area (Å²) in [7, 11) is 2.12. The molecule has 2 rings (SSSR count). The van der Waals surface area contributed by atoms with E-state index in [0.29, 0.717) is 18.3 Å². The summed E-state index contributed by atoms with van der Waals surface area (Å²) in [6, 6.07) is 0. The quantitative estimate of drug-likeness (QED) is 0.715. The average Bonchev–Trinajstić information content (AvgIpc) is 2.69. The monoisotopic (exact) mass is 212 g/mol. The lowest BCUT2D eigenvalue weighted by Crippen LogP contribution is -2.44. The molecule has 0 spiro atoms. The Kier molecular flexibility index (Phi) is 3.30.